The largest absolute Gasteiger partial charge is 0.423 e. The molecule has 162 valence electrons. The van der Waals surface area contributed by atoms with Crippen LogP contribution in [0.2, 0.25) is 0 Å². The Hall–Kier alpha value is -4.26. The van der Waals surface area contributed by atoms with Crippen LogP contribution in [-0.2, 0) is 4.79 Å². The average Bonchev–Trinajstić information content (AvgIpc) is 2.79. The molecule has 7 heteroatoms. The van der Waals surface area contributed by atoms with E-state index in [4.69, 9.17) is 4.74 Å². The van der Waals surface area contributed by atoms with Gasteiger partial charge in [0.2, 0.25) is 0 Å². The summed E-state index contributed by atoms with van der Waals surface area (Å²) in [6, 6.07) is 21.0. The van der Waals surface area contributed by atoms with Gasteiger partial charge in [0.1, 0.15) is 5.75 Å². The van der Waals surface area contributed by atoms with Crippen molar-refractivity contribution in [2.45, 2.75) is 13.8 Å². The Kier molecular flexibility index (Phi) is 7.48. The molecule has 3 aromatic rings. The molecule has 0 saturated carbocycles. The zero-order chi connectivity index (χ0) is 22.9. The van der Waals surface area contributed by atoms with Gasteiger partial charge in [0.15, 0.2) is 0 Å². The van der Waals surface area contributed by atoms with Gasteiger partial charge in [-0.05, 0) is 67.4 Å². The van der Waals surface area contributed by atoms with Gasteiger partial charge < -0.3 is 10.1 Å². The molecule has 2 N–H and O–H groups in total. The molecule has 32 heavy (non-hydrogen) atoms. The number of esters is 1. The third kappa shape index (κ3) is 6.37. The molecule has 0 aromatic heterocycles. The molecule has 0 bridgehead atoms. The molecule has 0 atom stereocenters. The van der Waals surface area contributed by atoms with Gasteiger partial charge in [-0.15, -0.1) is 0 Å². The highest BCUT2D eigenvalue weighted by molar-refractivity contribution is 5.96. The van der Waals surface area contributed by atoms with Crippen LogP contribution in [-0.4, -0.2) is 30.5 Å². The summed E-state index contributed by atoms with van der Waals surface area (Å²) in [5, 5.41) is 6.42. The highest BCUT2D eigenvalue weighted by atomic mass is 16.5. The molecule has 0 aliphatic carbocycles. The molecular weight excluding hydrogens is 406 g/mol. The van der Waals surface area contributed by atoms with Gasteiger partial charge in [-0.3, -0.25) is 9.59 Å². The van der Waals surface area contributed by atoms with E-state index in [0.717, 1.165) is 11.1 Å². The first kappa shape index (κ1) is 22.4. The molecule has 3 rings (SSSR count). The van der Waals surface area contributed by atoms with Crippen molar-refractivity contribution in [2.24, 2.45) is 5.10 Å². The smallest absolute Gasteiger partial charge is 0.343 e. The van der Waals surface area contributed by atoms with Crippen molar-refractivity contribution in [1.82, 2.24) is 10.7 Å². The average molecular weight is 429 g/mol. The summed E-state index contributed by atoms with van der Waals surface area (Å²) < 4.78 is 5.38. The summed E-state index contributed by atoms with van der Waals surface area (Å²) in [5.41, 5.74) is 5.85. The number of carbonyl (C=O) groups is 3. The van der Waals surface area contributed by atoms with Crippen LogP contribution in [0.15, 0.2) is 77.9 Å². The van der Waals surface area contributed by atoms with E-state index in [2.05, 4.69) is 15.8 Å². The summed E-state index contributed by atoms with van der Waals surface area (Å²) in [6.07, 6.45) is 1.45. The molecule has 0 aliphatic rings. The second-order valence-corrected chi connectivity index (χ2v) is 7.12. The predicted octanol–water partition coefficient (Wildman–Crippen LogP) is 3.40. The molecule has 0 saturated heterocycles. The summed E-state index contributed by atoms with van der Waals surface area (Å²) in [7, 11) is 0. The molecule has 0 fully saturated rings. The van der Waals surface area contributed by atoms with E-state index < -0.39 is 11.9 Å². The van der Waals surface area contributed by atoms with E-state index in [1.165, 1.54) is 6.21 Å². The number of hydrazone groups is 1. The van der Waals surface area contributed by atoms with Crippen LogP contribution in [0.4, 0.5) is 0 Å². The van der Waals surface area contributed by atoms with E-state index in [9.17, 15) is 14.4 Å². The standard InChI is InChI=1S/C25H23N3O4/c1-17-6-5-8-20(14-17)24(30)26-16-23(29)28-27-15-19-10-12-21(13-11-19)32-25(31)22-9-4-3-7-18(22)2/h3-15H,16H2,1-2H3,(H,26,30)(H,28,29)/b27-15-. The van der Waals surface area contributed by atoms with E-state index in [1.807, 2.05) is 32.0 Å². The van der Waals surface area contributed by atoms with E-state index >= 15 is 0 Å². The molecule has 2 amide bonds. The van der Waals surface area contributed by atoms with Crippen LogP contribution in [0.3, 0.4) is 0 Å². The summed E-state index contributed by atoms with van der Waals surface area (Å²) in [5.74, 6) is -0.808. The zero-order valence-electron chi connectivity index (χ0n) is 17.8. The van der Waals surface area contributed by atoms with Gasteiger partial charge in [-0.1, -0.05) is 35.9 Å². The molecule has 7 nitrogen and oxygen atoms in total. The minimum Gasteiger partial charge on any atom is -0.423 e. The Bertz CT molecular complexity index is 1150. The lowest BCUT2D eigenvalue weighted by molar-refractivity contribution is -0.120. The van der Waals surface area contributed by atoms with Gasteiger partial charge in [0.05, 0.1) is 18.3 Å². The Morgan fingerprint density at radius 3 is 2.41 bits per heavy atom. The van der Waals surface area contributed by atoms with Crippen LogP contribution >= 0.6 is 0 Å². The summed E-state index contributed by atoms with van der Waals surface area (Å²) in [4.78, 5) is 36.2. The molecule has 0 heterocycles. The quantitative estimate of drug-likeness (QED) is 0.260. The molecule has 3 aromatic carbocycles. The Labute approximate surface area is 186 Å². The van der Waals surface area contributed by atoms with E-state index in [-0.39, 0.29) is 12.5 Å². The van der Waals surface area contributed by atoms with Crippen molar-refractivity contribution >= 4 is 24.0 Å². The monoisotopic (exact) mass is 429 g/mol. The molecule has 0 unspecified atom stereocenters. The molecular formula is C25H23N3O4. The maximum atomic E-state index is 12.3. The highest BCUT2D eigenvalue weighted by Crippen LogP contribution is 2.15. The van der Waals surface area contributed by atoms with Crippen LogP contribution in [0, 0.1) is 13.8 Å². The number of ether oxygens (including phenoxy) is 1. The van der Waals surface area contributed by atoms with Crippen molar-refractivity contribution < 1.29 is 19.1 Å². The minimum absolute atomic E-state index is 0.197. The van der Waals surface area contributed by atoms with Crippen LogP contribution in [0.1, 0.15) is 37.4 Å². The fourth-order valence-electron chi connectivity index (χ4n) is 2.85. The van der Waals surface area contributed by atoms with Crippen molar-refractivity contribution in [3.05, 3.63) is 101 Å². The number of hydrogen-bond donors (Lipinski definition) is 2. The van der Waals surface area contributed by atoms with Crippen LogP contribution in [0.5, 0.6) is 5.75 Å². The normalized spacial score (nSPS) is 10.6. The first-order valence-electron chi connectivity index (χ1n) is 9.97. The van der Waals surface area contributed by atoms with E-state index in [1.54, 1.807) is 54.6 Å². The van der Waals surface area contributed by atoms with Gasteiger partial charge in [0.25, 0.3) is 11.8 Å². The molecule has 0 radical (unpaired) electrons. The predicted molar refractivity (Wildman–Crippen MR) is 122 cm³/mol. The minimum atomic E-state index is -0.453. The number of amides is 2. The Morgan fingerprint density at radius 2 is 1.69 bits per heavy atom. The maximum absolute atomic E-state index is 12.3. The number of aryl methyl sites for hydroxylation is 2. The number of carbonyl (C=O) groups excluding carboxylic acids is 3. The Balaban J connectivity index is 1.46. The first-order valence-corrected chi connectivity index (χ1v) is 9.97. The highest BCUT2D eigenvalue weighted by Gasteiger charge is 2.11. The molecule has 0 aliphatic heterocycles. The third-order valence-electron chi connectivity index (χ3n) is 4.55. The number of rotatable bonds is 7. The Morgan fingerprint density at radius 1 is 0.938 bits per heavy atom. The second kappa shape index (κ2) is 10.7. The summed E-state index contributed by atoms with van der Waals surface area (Å²) >= 11 is 0. The van der Waals surface area contributed by atoms with Crippen molar-refractivity contribution in [3.63, 3.8) is 0 Å². The van der Waals surface area contributed by atoms with Crippen molar-refractivity contribution in [1.29, 1.82) is 0 Å². The van der Waals surface area contributed by atoms with Crippen molar-refractivity contribution in [3.8, 4) is 5.75 Å². The van der Waals surface area contributed by atoms with Gasteiger partial charge in [-0.25, -0.2) is 10.2 Å². The van der Waals surface area contributed by atoms with E-state index in [0.29, 0.717) is 22.4 Å². The lowest BCUT2D eigenvalue weighted by atomic mass is 10.1. The van der Waals surface area contributed by atoms with Gasteiger partial charge in [0, 0.05) is 5.56 Å². The number of nitrogens with zero attached hydrogens (tertiary/aromatic N) is 1. The fraction of sp³-hybridized carbons (Fsp3) is 0.120. The number of benzene rings is 3. The summed E-state index contributed by atoms with van der Waals surface area (Å²) in [6.45, 7) is 3.54. The SMILES string of the molecule is Cc1cccc(C(=O)NCC(=O)N/N=C\c2ccc(OC(=O)c3ccccc3C)cc2)c1. The maximum Gasteiger partial charge on any atom is 0.343 e. The fourth-order valence-corrected chi connectivity index (χ4v) is 2.85. The first-order chi connectivity index (χ1) is 15.4. The third-order valence-corrected chi connectivity index (χ3v) is 4.55. The lowest BCUT2D eigenvalue weighted by Crippen LogP contribution is -2.34. The van der Waals surface area contributed by atoms with Gasteiger partial charge in [-0.2, -0.15) is 5.10 Å². The van der Waals surface area contributed by atoms with Crippen molar-refractivity contribution in [2.75, 3.05) is 6.54 Å². The molecule has 0 spiro atoms. The second-order valence-electron chi connectivity index (χ2n) is 7.12. The van der Waals surface area contributed by atoms with Gasteiger partial charge >= 0.3 is 5.97 Å². The van der Waals surface area contributed by atoms with Crippen LogP contribution in [0.25, 0.3) is 0 Å². The number of hydrogen-bond acceptors (Lipinski definition) is 5. The lowest BCUT2D eigenvalue weighted by Gasteiger charge is -2.06. The topological polar surface area (TPSA) is 96.9 Å². The number of nitrogens with one attached hydrogen (secondary N) is 2. The zero-order valence-corrected chi connectivity index (χ0v) is 17.8. The van der Waals surface area contributed by atoms with Crippen LogP contribution < -0.4 is 15.5 Å².